The monoisotopic (exact) mass is 162 g/mol. The molecule has 5 heavy (non-hydrogen) atoms. The summed E-state index contributed by atoms with van der Waals surface area (Å²) in [5.74, 6) is 0. The van der Waals surface area contributed by atoms with Crippen LogP contribution in [0.25, 0.3) is 0 Å². The normalized spacial score (nSPS) is 0.400. The second-order valence-electron chi connectivity index (χ2n) is 0. The summed E-state index contributed by atoms with van der Waals surface area (Å²) in [5.41, 5.74) is 0. The van der Waals surface area contributed by atoms with E-state index in [1.165, 1.54) is 0 Å². The van der Waals surface area contributed by atoms with E-state index in [4.69, 9.17) is 11.8 Å². The van der Waals surface area contributed by atoms with Gasteiger partial charge in [0.15, 0.2) is 0 Å². The molecule has 0 spiro atoms. The molecule has 0 bridgehead atoms. The average Bonchev–Trinajstić information content (AvgIpc) is 1.00. The van der Waals surface area contributed by atoms with Crippen LogP contribution in [0.3, 0.4) is 0 Å². The number of hydrogen-bond acceptors (Lipinski definition) is 1. The van der Waals surface area contributed by atoms with Gasteiger partial charge in [0, 0.05) is 17.1 Å². The van der Waals surface area contributed by atoms with Gasteiger partial charge in [-0.2, -0.15) is 0 Å². The standard InChI is InChI=1S/CN.Fe.2K.2H/c1-2;;;;;/q-1;;2*+1;2*-1. The maximum absolute atomic E-state index is 6.25. The second kappa shape index (κ2) is 26.7. The Morgan fingerprint density at radius 1 is 1.20 bits per heavy atom. The Morgan fingerprint density at radius 3 is 1.20 bits per heavy atom. The van der Waals surface area contributed by atoms with E-state index >= 15 is 0 Å². The van der Waals surface area contributed by atoms with Gasteiger partial charge in [-0.05, 0) is 0 Å². The fourth-order valence-electron chi connectivity index (χ4n) is 0. The summed E-state index contributed by atoms with van der Waals surface area (Å²) in [6, 6.07) is 0. The Morgan fingerprint density at radius 2 is 1.20 bits per heavy atom. The first-order valence-electron chi connectivity index (χ1n) is 0.224. The third-order valence-electron chi connectivity index (χ3n) is 0. The van der Waals surface area contributed by atoms with E-state index in [1.807, 2.05) is 0 Å². The first kappa shape index (κ1) is 24.0. The van der Waals surface area contributed by atoms with E-state index in [0.29, 0.717) is 0 Å². The molecule has 0 unspecified atom stereocenters. The maximum Gasteiger partial charge on any atom is 1.00 e. The van der Waals surface area contributed by atoms with Crippen molar-refractivity contribution in [1.82, 2.24) is 0 Å². The summed E-state index contributed by atoms with van der Waals surface area (Å²) in [6.45, 7) is 4.75. The van der Waals surface area contributed by atoms with E-state index in [-0.39, 0.29) is 123 Å². The van der Waals surface area contributed by atoms with Crippen molar-refractivity contribution < 1.29 is 123 Å². The molecule has 0 fully saturated rings. The van der Waals surface area contributed by atoms with E-state index < -0.39 is 0 Å². The summed E-state index contributed by atoms with van der Waals surface area (Å²) in [6.07, 6.45) is 0. The minimum absolute atomic E-state index is 0. The molecule has 22 valence electrons. The minimum atomic E-state index is 0. The molecule has 0 aliphatic rings. The molecule has 0 radical (unpaired) electrons. The maximum atomic E-state index is 6.25. The summed E-state index contributed by atoms with van der Waals surface area (Å²) in [5, 5.41) is 6.25. The van der Waals surface area contributed by atoms with Crippen LogP contribution in [-0.2, 0) is 17.1 Å². The van der Waals surface area contributed by atoms with Gasteiger partial charge in [-0.3, -0.25) is 0 Å². The van der Waals surface area contributed by atoms with Gasteiger partial charge in [0.2, 0.25) is 0 Å². The van der Waals surface area contributed by atoms with Crippen LogP contribution in [0.15, 0.2) is 0 Å². The van der Waals surface area contributed by atoms with Crippen LogP contribution in [-0.4, -0.2) is 0 Å². The molecule has 0 rings (SSSR count). The third-order valence-corrected chi connectivity index (χ3v) is 0. The van der Waals surface area contributed by atoms with Crippen molar-refractivity contribution in [2.45, 2.75) is 0 Å². The molecule has 0 saturated heterocycles. The van der Waals surface area contributed by atoms with E-state index in [1.54, 1.807) is 0 Å². The molecule has 0 N–H and O–H groups in total. The Bertz CT molecular complexity index is 20.4. The summed E-state index contributed by atoms with van der Waals surface area (Å²) in [4.78, 5) is 0. The summed E-state index contributed by atoms with van der Waals surface area (Å²) in [7, 11) is 0. The van der Waals surface area contributed by atoms with Gasteiger partial charge in [-0.25, -0.2) is 0 Å². The van der Waals surface area contributed by atoms with Crippen LogP contribution < -0.4 is 103 Å². The number of hydrogen-bond donors (Lipinski definition) is 0. The van der Waals surface area contributed by atoms with Crippen LogP contribution >= 0.6 is 0 Å². The van der Waals surface area contributed by atoms with Crippen molar-refractivity contribution in [3.05, 3.63) is 6.57 Å². The number of nitrogens with zero attached hydrogens (tertiary/aromatic N) is 1. The van der Waals surface area contributed by atoms with Gasteiger partial charge >= 0.3 is 103 Å². The Kier molecular flexibility index (Phi) is 128. The molecule has 0 amide bonds. The van der Waals surface area contributed by atoms with Crippen LogP contribution in [0.1, 0.15) is 2.85 Å². The first-order valence-corrected chi connectivity index (χ1v) is 0.224. The molecule has 0 aliphatic carbocycles. The fraction of sp³-hybridized carbons (Fsp3) is 0. The van der Waals surface area contributed by atoms with E-state index in [2.05, 4.69) is 0 Å². The molecule has 0 aromatic rings. The minimum Gasteiger partial charge on any atom is -1.00 e. The Hall–Kier alpha value is 3.28. The molecule has 0 atom stereocenters. The topological polar surface area (TPSA) is 23.8 Å². The predicted molar refractivity (Wildman–Crippen MR) is 7.19 cm³/mol. The molecular weight excluding hydrogens is 160 g/mol. The zero-order chi connectivity index (χ0) is 2.00. The third kappa shape index (κ3) is 18.9. The zero-order valence-electron chi connectivity index (χ0n) is 5.30. The van der Waals surface area contributed by atoms with Gasteiger partial charge in [0.05, 0.1) is 0 Å². The Balaban J connectivity index is -0.000000000500. The van der Waals surface area contributed by atoms with Crippen LogP contribution in [0.4, 0.5) is 0 Å². The van der Waals surface area contributed by atoms with Crippen molar-refractivity contribution >= 4 is 0 Å². The largest absolute Gasteiger partial charge is 1.00 e. The fourth-order valence-corrected chi connectivity index (χ4v) is 0. The van der Waals surface area contributed by atoms with Crippen molar-refractivity contribution in [1.29, 1.82) is 5.26 Å². The average molecular weight is 162 g/mol. The molecule has 0 aromatic heterocycles. The van der Waals surface area contributed by atoms with Crippen molar-refractivity contribution in [3.63, 3.8) is 0 Å². The predicted octanol–water partition coefficient (Wildman–Crippen LogP) is -5.67. The quantitative estimate of drug-likeness (QED) is 0.257. The molecular formula is CH2FeK2N-. The number of rotatable bonds is 0. The van der Waals surface area contributed by atoms with Crippen molar-refractivity contribution in [2.24, 2.45) is 0 Å². The SMILES string of the molecule is [C-]#N.[Fe].[H-].[H-].[K+].[K+]. The van der Waals surface area contributed by atoms with Crippen LogP contribution in [0.2, 0.25) is 0 Å². The van der Waals surface area contributed by atoms with Crippen LogP contribution in [0, 0.1) is 11.8 Å². The summed E-state index contributed by atoms with van der Waals surface area (Å²) >= 11 is 0. The van der Waals surface area contributed by atoms with E-state index in [9.17, 15) is 0 Å². The van der Waals surface area contributed by atoms with E-state index in [0.717, 1.165) is 0 Å². The van der Waals surface area contributed by atoms with Gasteiger partial charge < -0.3 is 14.7 Å². The second-order valence-corrected chi connectivity index (χ2v) is 0. The molecule has 0 saturated carbocycles. The first-order chi connectivity index (χ1) is 1.00. The Labute approximate surface area is 131 Å². The van der Waals surface area contributed by atoms with Crippen molar-refractivity contribution in [2.75, 3.05) is 0 Å². The van der Waals surface area contributed by atoms with Gasteiger partial charge in [0.25, 0.3) is 0 Å². The molecule has 0 aromatic carbocycles. The molecule has 4 heteroatoms. The van der Waals surface area contributed by atoms with Gasteiger partial charge in [-0.1, -0.05) is 0 Å². The molecule has 0 aliphatic heterocycles. The molecule has 1 nitrogen and oxygen atoms in total. The smallest absolute Gasteiger partial charge is 1.00 e. The van der Waals surface area contributed by atoms with Crippen molar-refractivity contribution in [3.8, 4) is 0 Å². The van der Waals surface area contributed by atoms with Gasteiger partial charge in [-0.15, -0.1) is 0 Å². The molecule has 0 heterocycles. The van der Waals surface area contributed by atoms with Crippen LogP contribution in [0.5, 0.6) is 0 Å². The van der Waals surface area contributed by atoms with Gasteiger partial charge in [0.1, 0.15) is 0 Å². The summed E-state index contributed by atoms with van der Waals surface area (Å²) < 4.78 is 0. The zero-order valence-corrected chi connectivity index (χ0v) is 10.7.